The molecule has 1 rings (SSSR count). The van der Waals surface area contributed by atoms with E-state index >= 15 is 0 Å². The first-order valence-electron chi connectivity index (χ1n) is 3.72. The molecule has 0 aliphatic rings. The second-order valence-corrected chi connectivity index (χ2v) is 3.96. The Morgan fingerprint density at radius 1 is 1.57 bits per heavy atom. The predicted octanol–water partition coefficient (Wildman–Crippen LogP) is 3.27. The van der Waals surface area contributed by atoms with Crippen molar-refractivity contribution >= 4 is 37.8 Å². The summed E-state index contributed by atoms with van der Waals surface area (Å²) in [4.78, 5) is 11.1. The van der Waals surface area contributed by atoms with Crippen molar-refractivity contribution in [2.45, 2.75) is 5.33 Å². The summed E-state index contributed by atoms with van der Waals surface area (Å²) < 4.78 is 18.4. The summed E-state index contributed by atoms with van der Waals surface area (Å²) in [5, 5.41) is 0.520. The minimum Gasteiger partial charge on any atom is -0.465 e. The van der Waals surface area contributed by atoms with Crippen LogP contribution in [0.4, 0.5) is 4.39 Å². The molecule has 76 valence electrons. The number of ether oxygens (including phenoxy) is 1. The van der Waals surface area contributed by atoms with Crippen LogP contribution in [0.25, 0.3) is 0 Å². The van der Waals surface area contributed by atoms with E-state index in [0.29, 0.717) is 9.80 Å². The highest BCUT2D eigenvalue weighted by Crippen LogP contribution is 2.23. The van der Waals surface area contributed by atoms with E-state index in [2.05, 4.69) is 36.6 Å². The van der Waals surface area contributed by atoms with Gasteiger partial charge in [-0.25, -0.2) is 9.18 Å². The van der Waals surface area contributed by atoms with Crippen molar-refractivity contribution in [3.63, 3.8) is 0 Å². The van der Waals surface area contributed by atoms with Gasteiger partial charge in [0.2, 0.25) is 0 Å². The first-order valence-corrected chi connectivity index (χ1v) is 5.63. The Hall–Kier alpha value is -0.420. The number of halogens is 3. The van der Waals surface area contributed by atoms with Gasteiger partial charge in [0, 0.05) is 9.80 Å². The highest BCUT2D eigenvalue weighted by molar-refractivity contribution is 9.10. The average Bonchev–Trinajstić information content (AvgIpc) is 2.19. The third-order valence-corrected chi connectivity index (χ3v) is 3.03. The smallest absolute Gasteiger partial charge is 0.340 e. The van der Waals surface area contributed by atoms with Gasteiger partial charge < -0.3 is 4.74 Å². The SMILES string of the molecule is COC(=O)c1cc(Br)c(CBr)cc1F. The number of alkyl halides is 1. The van der Waals surface area contributed by atoms with Crippen molar-refractivity contribution in [2.24, 2.45) is 0 Å². The lowest BCUT2D eigenvalue weighted by molar-refractivity contribution is 0.0595. The van der Waals surface area contributed by atoms with Gasteiger partial charge in [-0.2, -0.15) is 0 Å². The molecule has 1 aromatic carbocycles. The number of carbonyl (C=O) groups is 1. The fourth-order valence-electron chi connectivity index (χ4n) is 0.957. The van der Waals surface area contributed by atoms with Crippen LogP contribution in [0, 0.1) is 5.82 Å². The van der Waals surface area contributed by atoms with Crippen LogP contribution in [0.15, 0.2) is 16.6 Å². The van der Waals surface area contributed by atoms with Crippen LogP contribution in [0.1, 0.15) is 15.9 Å². The molecule has 0 aliphatic carbocycles. The van der Waals surface area contributed by atoms with Gasteiger partial charge in [-0.15, -0.1) is 0 Å². The number of rotatable bonds is 2. The molecule has 5 heteroatoms. The molecule has 0 N–H and O–H groups in total. The quantitative estimate of drug-likeness (QED) is 0.616. The molecule has 0 aliphatic heterocycles. The first kappa shape index (κ1) is 11.7. The Balaban J connectivity index is 3.21. The van der Waals surface area contributed by atoms with E-state index in [1.807, 2.05) is 0 Å². The van der Waals surface area contributed by atoms with Crippen LogP contribution < -0.4 is 0 Å². The van der Waals surface area contributed by atoms with Gasteiger partial charge in [0.15, 0.2) is 0 Å². The molecule has 0 bridgehead atoms. The average molecular weight is 326 g/mol. The summed E-state index contributed by atoms with van der Waals surface area (Å²) in [6.07, 6.45) is 0. The molecule has 0 radical (unpaired) electrons. The zero-order chi connectivity index (χ0) is 10.7. The summed E-state index contributed by atoms with van der Waals surface area (Å²) in [7, 11) is 1.22. The standard InChI is InChI=1S/C9H7Br2FO2/c1-14-9(13)6-3-7(11)5(4-10)2-8(6)12/h2-3H,4H2,1H3. The fraction of sp³-hybridized carbons (Fsp3) is 0.222. The lowest BCUT2D eigenvalue weighted by Crippen LogP contribution is -2.05. The summed E-state index contributed by atoms with van der Waals surface area (Å²) in [5.41, 5.74) is 0.680. The van der Waals surface area contributed by atoms with Gasteiger partial charge in [-0.05, 0) is 17.7 Å². The van der Waals surface area contributed by atoms with E-state index in [4.69, 9.17) is 0 Å². The zero-order valence-electron chi connectivity index (χ0n) is 7.31. The van der Waals surface area contributed by atoms with E-state index < -0.39 is 11.8 Å². The molecule has 0 atom stereocenters. The van der Waals surface area contributed by atoms with Crippen LogP contribution in [0.2, 0.25) is 0 Å². The van der Waals surface area contributed by atoms with E-state index in [1.165, 1.54) is 19.2 Å². The Bertz CT molecular complexity index is 366. The molecular weight excluding hydrogens is 319 g/mol. The van der Waals surface area contributed by atoms with E-state index in [9.17, 15) is 9.18 Å². The molecule has 0 saturated heterocycles. The minimum atomic E-state index is -0.677. The number of esters is 1. The lowest BCUT2D eigenvalue weighted by atomic mass is 10.1. The summed E-state index contributed by atoms with van der Waals surface area (Å²) >= 11 is 6.44. The lowest BCUT2D eigenvalue weighted by Gasteiger charge is -2.05. The molecule has 0 fully saturated rings. The molecule has 0 amide bonds. The maximum absolute atomic E-state index is 13.3. The van der Waals surface area contributed by atoms with Gasteiger partial charge in [-0.1, -0.05) is 31.9 Å². The Morgan fingerprint density at radius 3 is 2.71 bits per heavy atom. The van der Waals surface area contributed by atoms with Crippen LogP contribution in [-0.2, 0) is 10.1 Å². The summed E-state index contributed by atoms with van der Waals surface area (Å²) in [5.74, 6) is -1.25. The molecule has 0 aromatic heterocycles. The zero-order valence-corrected chi connectivity index (χ0v) is 10.5. The predicted molar refractivity (Wildman–Crippen MR) is 58.1 cm³/mol. The number of hydrogen-bond donors (Lipinski definition) is 0. The van der Waals surface area contributed by atoms with Crippen molar-refractivity contribution in [1.29, 1.82) is 0 Å². The van der Waals surface area contributed by atoms with Crippen LogP contribution in [0.5, 0.6) is 0 Å². The topological polar surface area (TPSA) is 26.3 Å². The van der Waals surface area contributed by atoms with Crippen molar-refractivity contribution < 1.29 is 13.9 Å². The Kier molecular flexibility index (Phi) is 4.07. The molecule has 0 heterocycles. The highest BCUT2D eigenvalue weighted by Gasteiger charge is 2.14. The van der Waals surface area contributed by atoms with E-state index in [1.54, 1.807) is 0 Å². The van der Waals surface area contributed by atoms with Crippen LogP contribution in [-0.4, -0.2) is 13.1 Å². The van der Waals surface area contributed by atoms with E-state index in [0.717, 1.165) is 5.56 Å². The molecule has 0 saturated carbocycles. The Morgan fingerprint density at radius 2 is 2.21 bits per heavy atom. The number of benzene rings is 1. The van der Waals surface area contributed by atoms with Gasteiger partial charge in [-0.3, -0.25) is 0 Å². The third kappa shape index (κ3) is 2.33. The normalized spacial score (nSPS) is 10.0. The molecular formula is C9H7Br2FO2. The molecule has 2 nitrogen and oxygen atoms in total. The highest BCUT2D eigenvalue weighted by atomic mass is 79.9. The van der Waals surface area contributed by atoms with Crippen LogP contribution in [0.3, 0.4) is 0 Å². The van der Waals surface area contributed by atoms with Gasteiger partial charge in [0.1, 0.15) is 5.82 Å². The molecule has 0 spiro atoms. The molecule has 14 heavy (non-hydrogen) atoms. The Labute approximate surface area is 97.7 Å². The van der Waals surface area contributed by atoms with Crippen molar-refractivity contribution in [1.82, 2.24) is 0 Å². The largest absolute Gasteiger partial charge is 0.465 e. The number of carbonyl (C=O) groups excluding carboxylic acids is 1. The summed E-state index contributed by atoms with van der Waals surface area (Å²) in [6.45, 7) is 0. The first-order chi connectivity index (χ1) is 6.60. The van der Waals surface area contributed by atoms with E-state index in [-0.39, 0.29) is 5.56 Å². The second-order valence-electron chi connectivity index (χ2n) is 2.55. The van der Waals surface area contributed by atoms with Gasteiger partial charge in [0.05, 0.1) is 12.7 Å². The van der Waals surface area contributed by atoms with Crippen molar-refractivity contribution in [2.75, 3.05) is 7.11 Å². The monoisotopic (exact) mass is 324 g/mol. The maximum atomic E-state index is 13.3. The number of methoxy groups -OCH3 is 1. The molecule has 0 unspecified atom stereocenters. The maximum Gasteiger partial charge on any atom is 0.340 e. The van der Waals surface area contributed by atoms with Crippen LogP contribution >= 0.6 is 31.9 Å². The summed E-state index contributed by atoms with van der Waals surface area (Å²) in [6, 6.07) is 2.71. The van der Waals surface area contributed by atoms with Gasteiger partial charge in [0.25, 0.3) is 0 Å². The fourth-order valence-corrected chi connectivity index (χ4v) is 2.28. The second kappa shape index (κ2) is 4.89. The minimum absolute atomic E-state index is 0.0657. The third-order valence-electron chi connectivity index (χ3n) is 1.69. The van der Waals surface area contributed by atoms with Crippen molar-refractivity contribution in [3.05, 3.63) is 33.5 Å². The van der Waals surface area contributed by atoms with Crippen molar-refractivity contribution in [3.8, 4) is 0 Å². The number of hydrogen-bond acceptors (Lipinski definition) is 2. The molecule has 1 aromatic rings. The van der Waals surface area contributed by atoms with Gasteiger partial charge >= 0.3 is 5.97 Å².